The molecule has 13 nitrogen and oxygen atoms in total. The van der Waals surface area contributed by atoms with Crippen LogP contribution in [-0.4, -0.2) is 96.6 Å². The second kappa shape index (κ2) is 16.4. The Hall–Kier alpha value is -3.73. The molecule has 0 unspecified atom stereocenters. The molecule has 1 aliphatic carbocycles. The van der Waals surface area contributed by atoms with E-state index >= 15 is 0 Å². The summed E-state index contributed by atoms with van der Waals surface area (Å²) < 4.78 is 44.8. The van der Waals surface area contributed by atoms with Gasteiger partial charge in [0.2, 0.25) is 0 Å². The van der Waals surface area contributed by atoms with Gasteiger partial charge in [0.1, 0.15) is 11.4 Å². The summed E-state index contributed by atoms with van der Waals surface area (Å²) in [6.07, 6.45) is 5.36. The molecule has 1 aliphatic rings. The van der Waals surface area contributed by atoms with Crippen molar-refractivity contribution in [2.75, 3.05) is 64.8 Å². The zero-order valence-electron chi connectivity index (χ0n) is 24.1. The molecule has 3 N–H and O–H groups in total. The molecule has 1 saturated carbocycles. The van der Waals surface area contributed by atoms with E-state index in [1.165, 1.54) is 23.5 Å². The first kappa shape index (κ1) is 31.7. The number of nitrogens with zero attached hydrogens (tertiary/aromatic N) is 4. The maximum Gasteiger partial charge on any atom is 0.319 e. The highest BCUT2D eigenvalue weighted by atomic mass is 32.1. The number of aliphatic hydroxyl groups is 1. The largest absolute Gasteiger partial charge is 0.453 e. The van der Waals surface area contributed by atoms with E-state index in [9.17, 15) is 9.18 Å². The number of aromatic nitrogens is 4. The molecule has 0 bridgehead atoms. The predicted molar refractivity (Wildman–Crippen MR) is 161 cm³/mol. The van der Waals surface area contributed by atoms with E-state index in [-0.39, 0.29) is 24.4 Å². The number of thiophene rings is 1. The van der Waals surface area contributed by atoms with E-state index in [0.29, 0.717) is 82.0 Å². The van der Waals surface area contributed by atoms with E-state index in [4.69, 9.17) is 28.8 Å². The van der Waals surface area contributed by atoms with Crippen LogP contribution in [0.5, 0.6) is 11.5 Å². The van der Waals surface area contributed by atoms with E-state index < -0.39 is 5.82 Å². The summed E-state index contributed by atoms with van der Waals surface area (Å²) >= 11 is 1.42. The Balaban J connectivity index is 1.06. The van der Waals surface area contributed by atoms with Gasteiger partial charge in [-0.2, -0.15) is 0 Å². The van der Waals surface area contributed by atoms with Crippen molar-refractivity contribution >= 4 is 33.3 Å². The standard InChI is InChI=1S/C29H35FN6O7S/c30-22-17-21(33-29(38)32-20-1-2-20)3-4-25(22)43-26-5-6-31-23-18-27(44-28(23)26)24-19-36(35-34-24)7-9-39-11-13-41-15-16-42-14-12-40-10-8-37/h3-6,17-20,37H,1-2,7-16H2,(H2,32,33,38). The van der Waals surface area contributed by atoms with Gasteiger partial charge in [-0.05, 0) is 31.0 Å². The summed E-state index contributed by atoms with van der Waals surface area (Å²) in [6.45, 7) is 4.03. The number of benzene rings is 1. The predicted octanol–water partition coefficient (Wildman–Crippen LogP) is 3.83. The van der Waals surface area contributed by atoms with Crippen molar-refractivity contribution in [3.8, 4) is 22.1 Å². The van der Waals surface area contributed by atoms with Gasteiger partial charge in [-0.25, -0.2) is 13.9 Å². The molecule has 15 heteroatoms. The summed E-state index contributed by atoms with van der Waals surface area (Å²) in [6, 6.07) is 7.72. The lowest BCUT2D eigenvalue weighted by molar-refractivity contribution is -0.00629. The van der Waals surface area contributed by atoms with Gasteiger partial charge in [0.05, 0.1) is 87.3 Å². The van der Waals surface area contributed by atoms with Crippen molar-refractivity contribution < 1.29 is 38.0 Å². The normalized spacial score (nSPS) is 13.0. The molecule has 3 aromatic heterocycles. The molecule has 0 spiro atoms. The van der Waals surface area contributed by atoms with Gasteiger partial charge < -0.3 is 39.4 Å². The monoisotopic (exact) mass is 630 g/mol. The van der Waals surface area contributed by atoms with Crippen LogP contribution < -0.4 is 15.4 Å². The lowest BCUT2D eigenvalue weighted by Gasteiger charge is -2.10. The number of pyridine rings is 1. The zero-order valence-corrected chi connectivity index (χ0v) is 24.9. The van der Waals surface area contributed by atoms with Gasteiger partial charge in [-0.15, -0.1) is 16.4 Å². The minimum atomic E-state index is -0.599. The molecule has 4 aromatic rings. The van der Waals surface area contributed by atoms with Crippen LogP contribution in [0.3, 0.4) is 0 Å². The average Bonchev–Trinajstić information content (AvgIpc) is 3.51. The SMILES string of the molecule is O=C(Nc1ccc(Oc2ccnc3cc(-c4cn(CCOCCOCCOCCOCCO)nn4)sc23)c(F)c1)NC1CC1. The second-order valence-corrected chi connectivity index (χ2v) is 10.8. The molecule has 5 rings (SSSR count). The summed E-state index contributed by atoms with van der Waals surface area (Å²) in [5, 5.41) is 22.5. The summed E-state index contributed by atoms with van der Waals surface area (Å²) in [5.74, 6) is -0.108. The smallest absolute Gasteiger partial charge is 0.319 e. The molecular weight excluding hydrogens is 595 g/mol. The molecule has 0 radical (unpaired) electrons. The Bertz CT molecular complexity index is 1500. The first-order valence-corrected chi connectivity index (χ1v) is 15.2. The van der Waals surface area contributed by atoms with Crippen molar-refractivity contribution in [2.45, 2.75) is 25.4 Å². The van der Waals surface area contributed by atoms with Gasteiger partial charge in [-0.3, -0.25) is 4.98 Å². The fraction of sp³-hybridized carbons (Fsp3) is 0.448. The third-order valence-electron chi connectivity index (χ3n) is 6.31. The average molecular weight is 631 g/mol. The van der Waals surface area contributed by atoms with E-state index in [2.05, 4.69) is 25.9 Å². The number of hydrogen-bond acceptors (Lipinski definition) is 11. The molecule has 44 heavy (non-hydrogen) atoms. The Labute approximate surface area is 257 Å². The molecule has 3 heterocycles. The lowest BCUT2D eigenvalue weighted by Crippen LogP contribution is -2.30. The Morgan fingerprint density at radius 3 is 2.41 bits per heavy atom. The second-order valence-electron chi connectivity index (χ2n) is 9.79. The molecule has 1 aromatic carbocycles. The van der Waals surface area contributed by atoms with E-state index in [1.807, 2.05) is 12.3 Å². The molecule has 1 fully saturated rings. The van der Waals surface area contributed by atoms with Gasteiger partial charge >= 0.3 is 6.03 Å². The van der Waals surface area contributed by atoms with Crippen molar-refractivity contribution in [3.05, 3.63) is 48.5 Å². The third kappa shape index (κ3) is 9.64. The molecular formula is C29H35FN6O7S. The topological polar surface area (TPSA) is 151 Å². The number of halogens is 1. The first-order valence-electron chi connectivity index (χ1n) is 14.3. The van der Waals surface area contributed by atoms with Crippen LogP contribution >= 0.6 is 11.3 Å². The Kier molecular flexibility index (Phi) is 11.8. The number of aliphatic hydroxyl groups excluding tert-OH is 1. The third-order valence-corrected chi connectivity index (χ3v) is 7.47. The van der Waals surface area contributed by atoms with Gasteiger partial charge in [-0.1, -0.05) is 5.21 Å². The van der Waals surface area contributed by atoms with Crippen molar-refractivity contribution in [1.29, 1.82) is 0 Å². The van der Waals surface area contributed by atoms with E-state index in [1.54, 1.807) is 23.0 Å². The number of amides is 2. The number of carbonyl (C=O) groups excluding carboxylic acids is 1. The minimum absolute atomic E-state index is 0.00636. The molecule has 0 saturated heterocycles. The number of ether oxygens (including phenoxy) is 5. The highest BCUT2D eigenvalue weighted by Gasteiger charge is 2.23. The summed E-state index contributed by atoms with van der Waals surface area (Å²) in [5.41, 5.74) is 1.71. The van der Waals surface area contributed by atoms with Crippen molar-refractivity contribution in [3.63, 3.8) is 0 Å². The Morgan fingerprint density at radius 2 is 1.70 bits per heavy atom. The van der Waals surface area contributed by atoms with Gasteiger partial charge in [0, 0.05) is 30.1 Å². The molecule has 2 amide bonds. The van der Waals surface area contributed by atoms with Crippen LogP contribution in [0, 0.1) is 5.82 Å². The maximum atomic E-state index is 14.8. The molecule has 0 aliphatic heterocycles. The van der Waals surface area contributed by atoms with Crippen molar-refractivity contribution in [2.24, 2.45) is 0 Å². The number of hydrogen-bond donors (Lipinski definition) is 3. The number of rotatable bonds is 19. The summed E-state index contributed by atoms with van der Waals surface area (Å²) in [4.78, 5) is 17.2. The van der Waals surface area contributed by atoms with E-state index in [0.717, 1.165) is 22.4 Å². The first-order chi connectivity index (χ1) is 21.6. The quantitative estimate of drug-likeness (QED) is 0.130. The number of urea groups is 1. The van der Waals surface area contributed by atoms with Crippen LogP contribution in [0.15, 0.2) is 42.7 Å². The maximum absolute atomic E-state index is 14.8. The number of nitrogens with one attached hydrogen (secondary N) is 2. The fourth-order valence-corrected chi connectivity index (χ4v) is 5.00. The van der Waals surface area contributed by atoms with Crippen LogP contribution in [0.4, 0.5) is 14.9 Å². The van der Waals surface area contributed by atoms with Gasteiger partial charge in [0.15, 0.2) is 11.6 Å². The van der Waals surface area contributed by atoms with Crippen LogP contribution in [0.2, 0.25) is 0 Å². The van der Waals surface area contributed by atoms with Gasteiger partial charge in [0.25, 0.3) is 0 Å². The van der Waals surface area contributed by atoms with Crippen LogP contribution in [0.25, 0.3) is 20.8 Å². The fourth-order valence-electron chi connectivity index (χ4n) is 3.99. The number of anilines is 1. The summed E-state index contributed by atoms with van der Waals surface area (Å²) in [7, 11) is 0. The van der Waals surface area contributed by atoms with Crippen molar-refractivity contribution in [1.82, 2.24) is 25.3 Å². The Morgan fingerprint density at radius 1 is 0.977 bits per heavy atom. The molecule has 236 valence electrons. The molecule has 0 atom stereocenters. The highest BCUT2D eigenvalue weighted by Crippen LogP contribution is 2.39. The number of carbonyl (C=O) groups is 1. The highest BCUT2D eigenvalue weighted by molar-refractivity contribution is 7.22. The lowest BCUT2D eigenvalue weighted by atomic mass is 10.3. The van der Waals surface area contributed by atoms with Crippen LogP contribution in [0.1, 0.15) is 12.8 Å². The number of fused-ring (bicyclic) bond motifs is 1. The zero-order chi connectivity index (χ0) is 30.6. The van der Waals surface area contributed by atoms with Crippen LogP contribution in [-0.2, 0) is 25.5 Å². The minimum Gasteiger partial charge on any atom is -0.453 e.